The summed E-state index contributed by atoms with van der Waals surface area (Å²) in [6.45, 7) is 6.48. The molecule has 1 aromatic rings. The van der Waals surface area contributed by atoms with Gasteiger partial charge in [0.1, 0.15) is 0 Å². The Kier molecular flexibility index (Phi) is 5.31. The third-order valence-corrected chi connectivity index (χ3v) is 2.55. The lowest BCUT2D eigenvalue weighted by Crippen LogP contribution is -2.20. The molecule has 1 radical (unpaired) electrons. The number of rotatable bonds is 6. The number of hydrogen-bond acceptors (Lipinski definition) is 1. The van der Waals surface area contributed by atoms with E-state index >= 15 is 0 Å². The zero-order valence-electron chi connectivity index (χ0n) is 9.22. The molecular formula is C13H20N. The van der Waals surface area contributed by atoms with Crippen molar-refractivity contribution in [3.05, 3.63) is 41.8 Å². The largest absolute Gasteiger partial charge is 0.312 e. The van der Waals surface area contributed by atoms with Gasteiger partial charge in [0.2, 0.25) is 0 Å². The Morgan fingerprint density at radius 2 is 1.71 bits per heavy atom. The van der Waals surface area contributed by atoms with E-state index < -0.39 is 0 Å². The highest BCUT2D eigenvalue weighted by molar-refractivity contribution is 5.14. The van der Waals surface area contributed by atoms with Crippen molar-refractivity contribution >= 4 is 0 Å². The van der Waals surface area contributed by atoms with Gasteiger partial charge in [-0.3, -0.25) is 0 Å². The number of nitrogens with one attached hydrogen (secondary N) is 1. The molecule has 0 spiro atoms. The van der Waals surface area contributed by atoms with E-state index in [1.807, 2.05) is 0 Å². The average Bonchev–Trinajstić information content (AvgIpc) is 2.26. The molecule has 0 heterocycles. The lowest BCUT2D eigenvalue weighted by Gasteiger charge is -2.12. The molecule has 1 rings (SSSR count). The van der Waals surface area contributed by atoms with Gasteiger partial charge in [0, 0.05) is 13.1 Å². The minimum atomic E-state index is 0.977. The first kappa shape index (κ1) is 11.3. The van der Waals surface area contributed by atoms with Crippen molar-refractivity contribution in [3.8, 4) is 0 Å². The van der Waals surface area contributed by atoms with Crippen LogP contribution in [0.25, 0.3) is 0 Å². The van der Waals surface area contributed by atoms with Gasteiger partial charge >= 0.3 is 0 Å². The maximum absolute atomic E-state index is 3.47. The summed E-state index contributed by atoms with van der Waals surface area (Å²) in [4.78, 5) is 0. The van der Waals surface area contributed by atoms with E-state index in [1.54, 1.807) is 5.92 Å². The van der Waals surface area contributed by atoms with Crippen LogP contribution in [0.15, 0.2) is 30.3 Å². The zero-order chi connectivity index (χ0) is 10.2. The number of hydrogen-bond donors (Lipinski definition) is 1. The molecule has 0 saturated carbocycles. The lowest BCUT2D eigenvalue weighted by atomic mass is 10.0. The summed E-state index contributed by atoms with van der Waals surface area (Å²) in [5, 5.41) is 3.47. The maximum Gasteiger partial charge on any atom is 0.0205 e. The van der Waals surface area contributed by atoms with Crippen LogP contribution in [0.5, 0.6) is 0 Å². The Morgan fingerprint density at radius 3 is 2.29 bits per heavy atom. The molecule has 14 heavy (non-hydrogen) atoms. The second-order valence-electron chi connectivity index (χ2n) is 3.55. The highest BCUT2D eigenvalue weighted by Gasteiger charge is 2.02. The minimum Gasteiger partial charge on any atom is -0.312 e. The van der Waals surface area contributed by atoms with E-state index in [2.05, 4.69) is 49.5 Å². The molecule has 1 N–H and O–H groups in total. The molecular weight excluding hydrogens is 170 g/mol. The van der Waals surface area contributed by atoms with Crippen molar-refractivity contribution in [2.75, 3.05) is 6.54 Å². The molecule has 0 saturated heterocycles. The molecule has 0 aliphatic rings. The lowest BCUT2D eigenvalue weighted by molar-refractivity contribution is 0.639. The van der Waals surface area contributed by atoms with E-state index in [0.717, 1.165) is 13.1 Å². The Balaban J connectivity index is 2.21. The molecule has 0 atom stereocenters. The molecule has 0 amide bonds. The van der Waals surface area contributed by atoms with E-state index in [4.69, 9.17) is 0 Å². The molecule has 0 aromatic heterocycles. The van der Waals surface area contributed by atoms with Gasteiger partial charge in [0.05, 0.1) is 0 Å². The van der Waals surface area contributed by atoms with Gasteiger partial charge in [-0.05, 0) is 24.3 Å². The third kappa shape index (κ3) is 3.93. The van der Waals surface area contributed by atoms with Gasteiger partial charge in [-0.25, -0.2) is 0 Å². The third-order valence-electron chi connectivity index (χ3n) is 2.55. The Labute approximate surface area is 87.5 Å². The van der Waals surface area contributed by atoms with Crippen LogP contribution in [-0.4, -0.2) is 6.54 Å². The van der Waals surface area contributed by atoms with Crippen LogP contribution in [0, 0.1) is 5.92 Å². The molecule has 1 aromatic carbocycles. The van der Waals surface area contributed by atoms with Crippen molar-refractivity contribution in [1.29, 1.82) is 0 Å². The van der Waals surface area contributed by atoms with E-state index in [0.29, 0.717) is 0 Å². The fourth-order valence-corrected chi connectivity index (χ4v) is 1.48. The van der Waals surface area contributed by atoms with Crippen LogP contribution >= 0.6 is 0 Å². The van der Waals surface area contributed by atoms with Crippen molar-refractivity contribution in [3.63, 3.8) is 0 Å². The summed E-state index contributed by atoms with van der Waals surface area (Å²) in [5.41, 5.74) is 1.36. The minimum absolute atomic E-state index is 0.977. The summed E-state index contributed by atoms with van der Waals surface area (Å²) < 4.78 is 0. The van der Waals surface area contributed by atoms with Gasteiger partial charge in [-0.2, -0.15) is 0 Å². The summed E-state index contributed by atoms with van der Waals surface area (Å²) in [7, 11) is 0. The van der Waals surface area contributed by atoms with Crippen LogP contribution < -0.4 is 5.32 Å². The number of benzene rings is 1. The quantitative estimate of drug-likeness (QED) is 0.726. The smallest absolute Gasteiger partial charge is 0.0205 e. The van der Waals surface area contributed by atoms with Crippen LogP contribution in [0.4, 0.5) is 0 Å². The van der Waals surface area contributed by atoms with E-state index in [-0.39, 0.29) is 0 Å². The molecule has 0 fully saturated rings. The standard InChI is InChI=1S/C13H20N/c1-3-12(4-2)10-14-11-13-8-6-5-7-9-13/h5-9,14H,3-4,10-11H2,1-2H3. The van der Waals surface area contributed by atoms with E-state index in [9.17, 15) is 0 Å². The van der Waals surface area contributed by atoms with Crippen molar-refractivity contribution in [1.82, 2.24) is 5.32 Å². The van der Waals surface area contributed by atoms with Gasteiger partial charge in [-0.15, -0.1) is 0 Å². The normalized spacial score (nSPS) is 10.8. The maximum atomic E-state index is 3.47. The van der Waals surface area contributed by atoms with Crippen molar-refractivity contribution in [2.24, 2.45) is 0 Å². The molecule has 0 aliphatic heterocycles. The summed E-state index contributed by atoms with van der Waals surface area (Å²) in [6, 6.07) is 10.5. The van der Waals surface area contributed by atoms with Gasteiger partial charge < -0.3 is 5.32 Å². The molecule has 1 heteroatoms. The summed E-state index contributed by atoms with van der Waals surface area (Å²) >= 11 is 0. The summed E-state index contributed by atoms with van der Waals surface area (Å²) in [5.74, 6) is 1.60. The SMILES string of the molecule is CC[C](CC)CNCc1ccccc1. The van der Waals surface area contributed by atoms with Gasteiger partial charge in [-0.1, -0.05) is 44.2 Å². The van der Waals surface area contributed by atoms with Crippen LogP contribution in [0.1, 0.15) is 32.3 Å². The predicted octanol–water partition coefficient (Wildman–Crippen LogP) is 3.17. The second kappa shape index (κ2) is 6.61. The van der Waals surface area contributed by atoms with Crippen LogP contribution in [0.2, 0.25) is 0 Å². The monoisotopic (exact) mass is 190 g/mol. The highest BCUT2D eigenvalue weighted by atomic mass is 14.9. The fourth-order valence-electron chi connectivity index (χ4n) is 1.48. The molecule has 0 unspecified atom stereocenters. The average molecular weight is 190 g/mol. The second-order valence-corrected chi connectivity index (χ2v) is 3.55. The molecule has 1 nitrogen and oxygen atoms in total. The van der Waals surface area contributed by atoms with Gasteiger partial charge in [0.25, 0.3) is 0 Å². The van der Waals surface area contributed by atoms with Crippen molar-refractivity contribution < 1.29 is 0 Å². The van der Waals surface area contributed by atoms with Crippen LogP contribution in [0.3, 0.4) is 0 Å². The first-order valence-electron chi connectivity index (χ1n) is 5.45. The molecule has 0 bridgehead atoms. The summed E-state index contributed by atoms with van der Waals surface area (Å²) in [6.07, 6.45) is 2.39. The molecule has 77 valence electrons. The highest BCUT2D eigenvalue weighted by Crippen LogP contribution is 2.08. The molecule has 0 aliphatic carbocycles. The Hall–Kier alpha value is -0.820. The first-order valence-corrected chi connectivity index (χ1v) is 5.45. The van der Waals surface area contributed by atoms with Crippen molar-refractivity contribution in [2.45, 2.75) is 33.2 Å². The first-order chi connectivity index (χ1) is 6.86. The van der Waals surface area contributed by atoms with Gasteiger partial charge in [0.15, 0.2) is 0 Å². The van der Waals surface area contributed by atoms with Crippen LogP contribution in [-0.2, 0) is 6.54 Å². The topological polar surface area (TPSA) is 12.0 Å². The van der Waals surface area contributed by atoms with E-state index in [1.165, 1.54) is 18.4 Å². The fraction of sp³-hybridized carbons (Fsp3) is 0.462. The zero-order valence-corrected chi connectivity index (χ0v) is 9.22. The Bertz CT molecular complexity index is 226. The Morgan fingerprint density at radius 1 is 1.07 bits per heavy atom. The predicted molar refractivity (Wildman–Crippen MR) is 62.0 cm³/mol.